The molecule has 0 amide bonds. The van der Waals surface area contributed by atoms with Crippen LogP contribution in [0.4, 0.5) is 0 Å². The molecule has 0 spiro atoms. The summed E-state index contributed by atoms with van der Waals surface area (Å²) in [5, 5.41) is 0. The molecule has 0 aliphatic heterocycles. The van der Waals surface area contributed by atoms with Crippen LogP contribution in [0.15, 0.2) is 12.2 Å². The maximum Gasteiger partial charge on any atom is 0.472 e. The third kappa shape index (κ3) is 30.5. The fraction of sp³-hybridized carbons (Fsp3) is 0.906. The van der Waals surface area contributed by atoms with Gasteiger partial charge in [-0.1, -0.05) is 122 Å². The quantitative estimate of drug-likeness (QED) is 0.0338. The molecule has 0 heterocycles. The van der Waals surface area contributed by atoms with Crippen molar-refractivity contribution < 1.29 is 32.8 Å². The van der Waals surface area contributed by atoms with Crippen LogP contribution >= 0.6 is 7.82 Å². The molecule has 0 aromatic carbocycles. The van der Waals surface area contributed by atoms with Gasteiger partial charge in [0.2, 0.25) is 0 Å². The Morgan fingerprint density at radius 2 is 1.24 bits per heavy atom. The molecule has 8 nitrogen and oxygen atoms in total. The fourth-order valence-corrected chi connectivity index (χ4v) is 5.21. The average molecular weight is 606 g/mol. The molecule has 3 N–H and O–H groups in total. The highest BCUT2D eigenvalue weighted by molar-refractivity contribution is 7.47. The molecule has 0 fully saturated rings. The van der Waals surface area contributed by atoms with Crippen molar-refractivity contribution in [2.75, 3.05) is 33.0 Å². The van der Waals surface area contributed by atoms with Crippen molar-refractivity contribution in [3.8, 4) is 0 Å². The van der Waals surface area contributed by atoms with E-state index in [4.69, 9.17) is 24.3 Å². The van der Waals surface area contributed by atoms with Crippen molar-refractivity contribution in [3.63, 3.8) is 0 Å². The number of nitrogens with two attached hydrogens (primary N) is 1. The molecule has 9 heteroatoms. The van der Waals surface area contributed by atoms with E-state index in [1.807, 2.05) is 0 Å². The number of esters is 1. The van der Waals surface area contributed by atoms with E-state index in [9.17, 15) is 14.3 Å². The number of rotatable bonds is 32. The predicted octanol–water partition coefficient (Wildman–Crippen LogP) is 8.80. The minimum atomic E-state index is -4.26. The Bertz CT molecular complexity index is 648. The third-order valence-corrected chi connectivity index (χ3v) is 7.92. The largest absolute Gasteiger partial charge is 0.472 e. The fourth-order valence-electron chi connectivity index (χ4n) is 4.45. The van der Waals surface area contributed by atoms with E-state index in [0.29, 0.717) is 13.0 Å². The lowest BCUT2D eigenvalue weighted by Crippen LogP contribution is -2.28. The molecular formula is C32H64NO7P. The van der Waals surface area contributed by atoms with Gasteiger partial charge in [0.15, 0.2) is 0 Å². The summed E-state index contributed by atoms with van der Waals surface area (Å²) in [4.78, 5) is 22.2. The van der Waals surface area contributed by atoms with Gasteiger partial charge in [-0.25, -0.2) is 4.57 Å². The van der Waals surface area contributed by atoms with Crippen LogP contribution in [-0.2, 0) is 27.9 Å². The second-order valence-electron chi connectivity index (χ2n) is 11.0. The Hall–Kier alpha value is -0.760. The van der Waals surface area contributed by atoms with E-state index in [-0.39, 0.29) is 32.3 Å². The Kier molecular flexibility index (Phi) is 30.1. The summed E-state index contributed by atoms with van der Waals surface area (Å²) < 4.78 is 33.1. The summed E-state index contributed by atoms with van der Waals surface area (Å²) in [6, 6.07) is 0. The van der Waals surface area contributed by atoms with Crippen molar-refractivity contribution in [1.29, 1.82) is 0 Å². The molecule has 0 bridgehead atoms. The number of phosphoric ester groups is 1. The minimum Gasteiger partial charge on any atom is -0.457 e. The monoisotopic (exact) mass is 605 g/mol. The smallest absolute Gasteiger partial charge is 0.457 e. The lowest BCUT2D eigenvalue weighted by atomic mass is 10.1. The first-order chi connectivity index (χ1) is 19.9. The summed E-state index contributed by atoms with van der Waals surface area (Å²) in [6.07, 6.45) is 27.9. The van der Waals surface area contributed by atoms with Crippen molar-refractivity contribution in [3.05, 3.63) is 12.2 Å². The highest BCUT2D eigenvalue weighted by Gasteiger charge is 2.25. The van der Waals surface area contributed by atoms with Crippen molar-refractivity contribution in [2.45, 2.75) is 155 Å². The first-order valence-corrected chi connectivity index (χ1v) is 18.2. The molecule has 0 aromatic rings. The maximum absolute atomic E-state index is 12.4. The van der Waals surface area contributed by atoms with Gasteiger partial charge in [0.05, 0.1) is 19.8 Å². The summed E-state index contributed by atoms with van der Waals surface area (Å²) in [5.74, 6) is -0.336. The first-order valence-electron chi connectivity index (χ1n) is 16.7. The van der Waals surface area contributed by atoms with Gasteiger partial charge in [-0.3, -0.25) is 13.8 Å². The maximum atomic E-state index is 12.4. The van der Waals surface area contributed by atoms with Crippen LogP contribution in [0.5, 0.6) is 0 Å². The van der Waals surface area contributed by atoms with E-state index < -0.39 is 13.9 Å². The number of carbonyl (C=O) groups excluding carboxylic acids is 1. The Balaban J connectivity index is 4.14. The number of allylic oxidation sites excluding steroid dienone is 2. The van der Waals surface area contributed by atoms with Crippen LogP contribution in [0.2, 0.25) is 0 Å². The molecule has 0 aliphatic carbocycles. The molecule has 2 unspecified atom stereocenters. The van der Waals surface area contributed by atoms with E-state index >= 15 is 0 Å². The highest BCUT2D eigenvalue weighted by Crippen LogP contribution is 2.43. The van der Waals surface area contributed by atoms with Gasteiger partial charge >= 0.3 is 13.8 Å². The molecule has 244 valence electrons. The molecule has 41 heavy (non-hydrogen) atoms. The summed E-state index contributed by atoms with van der Waals surface area (Å²) in [6.45, 7) is 4.85. The number of unbranched alkanes of at least 4 members (excludes halogenated alkanes) is 17. The normalized spacial score (nSPS) is 14.0. The first kappa shape index (κ1) is 40.2. The molecule has 0 aromatic heterocycles. The van der Waals surface area contributed by atoms with Crippen LogP contribution in [0.1, 0.15) is 149 Å². The van der Waals surface area contributed by atoms with Gasteiger partial charge in [0, 0.05) is 19.6 Å². The van der Waals surface area contributed by atoms with Crippen LogP contribution in [0, 0.1) is 0 Å². The van der Waals surface area contributed by atoms with Gasteiger partial charge in [-0.2, -0.15) is 0 Å². The zero-order valence-electron chi connectivity index (χ0n) is 26.5. The summed E-state index contributed by atoms with van der Waals surface area (Å²) in [5.41, 5.74) is 5.33. The van der Waals surface area contributed by atoms with Crippen molar-refractivity contribution in [2.24, 2.45) is 5.73 Å². The van der Waals surface area contributed by atoms with Crippen LogP contribution in [0.3, 0.4) is 0 Å². The zero-order chi connectivity index (χ0) is 30.3. The van der Waals surface area contributed by atoms with E-state index in [1.165, 1.54) is 96.3 Å². The topological polar surface area (TPSA) is 117 Å². The molecule has 0 saturated carbocycles. The van der Waals surface area contributed by atoms with Crippen LogP contribution < -0.4 is 5.73 Å². The number of phosphoric acid groups is 1. The van der Waals surface area contributed by atoms with Gasteiger partial charge < -0.3 is 20.1 Å². The lowest BCUT2D eigenvalue weighted by molar-refractivity contribution is -0.154. The van der Waals surface area contributed by atoms with Gasteiger partial charge in [-0.05, 0) is 32.1 Å². The number of carbonyl (C=O) groups is 1. The van der Waals surface area contributed by atoms with E-state index in [2.05, 4.69) is 26.0 Å². The number of ether oxygens (including phenoxy) is 2. The van der Waals surface area contributed by atoms with Gasteiger partial charge in [0.1, 0.15) is 6.10 Å². The molecular weight excluding hydrogens is 541 g/mol. The Morgan fingerprint density at radius 1 is 0.707 bits per heavy atom. The second kappa shape index (κ2) is 30.7. The zero-order valence-corrected chi connectivity index (χ0v) is 27.4. The second-order valence-corrected chi connectivity index (χ2v) is 12.5. The number of hydrogen-bond donors (Lipinski definition) is 2. The van der Waals surface area contributed by atoms with Gasteiger partial charge in [0.25, 0.3) is 0 Å². The summed E-state index contributed by atoms with van der Waals surface area (Å²) >= 11 is 0. The Morgan fingerprint density at radius 3 is 1.85 bits per heavy atom. The standard InChI is InChI=1S/C32H64NO7P/c1-3-5-7-9-11-13-15-16-18-20-22-24-27-37-29-31(30-39-41(35,36)38-28-26-33)40-32(34)25-23-21-19-17-14-12-10-8-6-4-2/h9,11,31H,3-8,10,12-30,33H2,1-2H3,(H,35,36)/b11-9-. The lowest BCUT2D eigenvalue weighted by Gasteiger charge is -2.20. The van der Waals surface area contributed by atoms with Crippen LogP contribution in [-0.4, -0.2) is 49.9 Å². The minimum absolute atomic E-state index is 0.0941. The SMILES string of the molecule is CCCC/C=C\CCCCCCCCOCC(COP(=O)(O)OCCN)OC(=O)CCCCCCCCCCCC. The van der Waals surface area contributed by atoms with Crippen LogP contribution in [0.25, 0.3) is 0 Å². The molecule has 0 radical (unpaired) electrons. The molecule has 0 rings (SSSR count). The summed E-state index contributed by atoms with van der Waals surface area (Å²) in [7, 11) is -4.26. The number of hydrogen-bond acceptors (Lipinski definition) is 7. The highest BCUT2D eigenvalue weighted by atomic mass is 31.2. The predicted molar refractivity (Wildman–Crippen MR) is 169 cm³/mol. The van der Waals surface area contributed by atoms with Crippen molar-refractivity contribution >= 4 is 13.8 Å². The van der Waals surface area contributed by atoms with Gasteiger partial charge in [-0.15, -0.1) is 0 Å². The van der Waals surface area contributed by atoms with Crippen molar-refractivity contribution in [1.82, 2.24) is 0 Å². The molecule has 0 saturated heterocycles. The average Bonchev–Trinajstić information content (AvgIpc) is 2.96. The van der Waals surface area contributed by atoms with E-state index in [1.54, 1.807) is 0 Å². The molecule has 2 atom stereocenters. The third-order valence-electron chi connectivity index (χ3n) is 6.93. The van der Waals surface area contributed by atoms with E-state index in [0.717, 1.165) is 32.1 Å². The molecule has 0 aliphatic rings. The Labute approximate surface area is 252 Å².